The smallest absolute Gasteiger partial charge is 0.313 e. The van der Waals surface area contributed by atoms with Crippen LogP contribution in [0.3, 0.4) is 0 Å². The van der Waals surface area contributed by atoms with Crippen LogP contribution < -0.4 is 5.73 Å². The number of carbonyl (C=O) groups is 1. The van der Waals surface area contributed by atoms with Crippen molar-refractivity contribution in [2.75, 3.05) is 7.11 Å². The predicted molar refractivity (Wildman–Crippen MR) is 71.9 cm³/mol. The monoisotopic (exact) mass is 322 g/mol. The van der Waals surface area contributed by atoms with Crippen molar-refractivity contribution in [1.82, 2.24) is 4.98 Å². The average Bonchev–Trinajstić information content (AvgIpc) is 2.26. The maximum absolute atomic E-state index is 11.6. The molecular weight excluding hydrogens is 307 g/mol. The lowest BCUT2D eigenvalue weighted by atomic mass is 9.83. The van der Waals surface area contributed by atoms with Gasteiger partial charge in [0.15, 0.2) is 0 Å². The second kappa shape index (κ2) is 6.33. The van der Waals surface area contributed by atoms with E-state index in [4.69, 9.17) is 10.5 Å². The summed E-state index contributed by atoms with van der Waals surface area (Å²) in [7, 11) is 1.35. The Morgan fingerprint density at radius 2 is 2.12 bits per heavy atom. The van der Waals surface area contributed by atoms with Gasteiger partial charge in [-0.1, -0.05) is 6.07 Å². The number of methoxy groups -OCH3 is 1. The van der Waals surface area contributed by atoms with E-state index < -0.39 is 11.5 Å². The molecule has 0 bridgehead atoms. The van der Waals surface area contributed by atoms with E-state index in [1.165, 1.54) is 7.11 Å². The number of halogens is 2. The van der Waals surface area contributed by atoms with Crippen molar-refractivity contribution in [2.24, 2.45) is 11.1 Å². The Hall–Kier alpha value is -0.650. The molecule has 0 radical (unpaired) electrons. The summed E-state index contributed by atoms with van der Waals surface area (Å²) in [4.78, 5) is 15.8. The van der Waals surface area contributed by atoms with Crippen molar-refractivity contribution in [2.45, 2.75) is 19.9 Å². The molecule has 0 aromatic carbocycles. The molecule has 1 rings (SSSR count). The Balaban J connectivity index is 0.00000256. The lowest BCUT2D eigenvalue weighted by Crippen LogP contribution is -2.37. The second-order valence-electron chi connectivity index (χ2n) is 4.08. The summed E-state index contributed by atoms with van der Waals surface area (Å²) in [6, 6.07) is 4.93. The molecule has 0 amide bonds. The van der Waals surface area contributed by atoms with Gasteiger partial charge in [0, 0.05) is 0 Å². The molecule has 1 heterocycles. The number of aromatic nitrogens is 1. The number of hydrogen-bond donors (Lipinski definition) is 1. The summed E-state index contributed by atoms with van der Waals surface area (Å²) < 4.78 is 5.42. The maximum Gasteiger partial charge on any atom is 0.313 e. The van der Waals surface area contributed by atoms with Crippen molar-refractivity contribution < 1.29 is 9.53 Å². The third-order valence-corrected chi connectivity index (χ3v) is 2.99. The molecule has 0 aliphatic heterocycles. The minimum absolute atomic E-state index is 0. The van der Waals surface area contributed by atoms with Gasteiger partial charge in [0.1, 0.15) is 4.60 Å². The maximum atomic E-state index is 11.6. The molecule has 0 unspecified atom stereocenters. The second-order valence-corrected chi connectivity index (χ2v) is 4.89. The van der Waals surface area contributed by atoms with Crippen LogP contribution in [0.2, 0.25) is 0 Å². The largest absolute Gasteiger partial charge is 0.469 e. The van der Waals surface area contributed by atoms with Gasteiger partial charge in [0.25, 0.3) is 0 Å². The molecule has 17 heavy (non-hydrogen) atoms. The van der Waals surface area contributed by atoms with Gasteiger partial charge in [-0.05, 0) is 41.9 Å². The summed E-state index contributed by atoms with van der Waals surface area (Å²) in [6.45, 7) is 3.48. The Morgan fingerprint density at radius 3 is 2.59 bits per heavy atom. The minimum atomic E-state index is -0.803. The van der Waals surface area contributed by atoms with Crippen molar-refractivity contribution in [3.63, 3.8) is 0 Å². The number of nitrogens with two attached hydrogens (primary N) is 1. The van der Waals surface area contributed by atoms with E-state index in [1.54, 1.807) is 26.0 Å². The van der Waals surface area contributed by atoms with Crippen molar-refractivity contribution in [1.29, 1.82) is 0 Å². The number of pyridine rings is 1. The zero-order chi connectivity index (χ0) is 12.3. The first-order valence-corrected chi connectivity index (χ1v) is 5.65. The summed E-state index contributed by atoms with van der Waals surface area (Å²) in [6.07, 6.45) is 0. The molecule has 0 saturated heterocycles. The molecule has 1 atom stereocenters. The van der Waals surface area contributed by atoms with Gasteiger partial charge in [-0.15, -0.1) is 12.4 Å². The highest BCUT2D eigenvalue weighted by Gasteiger charge is 2.37. The average molecular weight is 324 g/mol. The lowest BCUT2D eigenvalue weighted by Gasteiger charge is -2.28. The molecule has 4 nitrogen and oxygen atoms in total. The molecule has 0 saturated carbocycles. The third kappa shape index (κ3) is 3.66. The Bertz CT molecular complexity index is 399. The molecule has 1 aromatic heterocycles. The fourth-order valence-electron chi connectivity index (χ4n) is 1.36. The van der Waals surface area contributed by atoms with E-state index in [0.717, 1.165) is 0 Å². The van der Waals surface area contributed by atoms with Crippen LogP contribution in [0.15, 0.2) is 22.8 Å². The van der Waals surface area contributed by atoms with Crippen LogP contribution in [0.5, 0.6) is 0 Å². The first kappa shape index (κ1) is 16.4. The quantitative estimate of drug-likeness (QED) is 0.685. The number of nitrogens with zero attached hydrogens (tertiary/aromatic N) is 1. The molecular formula is C11H16BrClN2O2. The zero-order valence-electron chi connectivity index (χ0n) is 9.94. The van der Waals surface area contributed by atoms with E-state index in [1.807, 2.05) is 6.07 Å². The van der Waals surface area contributed by atoms with E-state index in [-0.39, 0.29) is 18.4 Å². The number of carbonyl (C=O) groups excluding carboxylic acids is 1. The summed E-state index contributed by atoms with van der Waals surface area (Å²) in [5.41, 5.74) is 5.89. The van der Waals surface area contributed by atoms with Gasteiger partial charge >= 0.3 is 5.97 Å². The molecule has 1 aromatic rings. The highest BCUT2D eigenvalue weighted by atomic mass is 79.9. The standard InChI is InChI=1S/C11H15BrN2O2.ClH/c1-11(2,10(15)16-3)9(13)7-5-4-6-8(12)14-7;/h4-6,9H,13H2,1-3H3;1H/t9-;/m1./s1. The zero-order valence-corrected chi connectivity index (χ0v) is 12.3. The summed E-state index contributed by atoms with van der Waals surface area (Å²) in [5.74, 6) is -0.346. The normalized spacial score (nSPS) is 12.5. The number of rotatable bonds is 3. The van der Waals surface area contributed by atoms with Crippen LogP contribution in [-0.2, 0) is 9.53 Å². The lowest BCUT2D eigenvalue weighted by molar-refractivity contribution is -0.152. The van der Waals surface area contributed by atoms with Crippen LogP contribution in [0.1, 0.15) is 25.6 Å². The van der Waals surface area contributed by atoms with Crippen LogP contribution in [0.25, 0.3) is 0 Å². The fraction of sp³-hybridized carbons (Fsp3) is 0.455. The highest BCUT2D eigenvalue weighted by Crippen LogP contribution is 2.31. The Labute approximate surface area is 115 Å². The Kier molecular flexibility index (Phi) is 6.09. The Morgan fingerprint density at radius 1 is 1.53 bits per heavy atom. The predicted octanol–water partition coefficient (Wildman–Crippen LogP) is 2.46. The van der Waals surface area contributed by atoms with Crippen LogP contribution in [0.4, 0.5) is 0 Å². The molecule has 0 fully saturated rings. The van der Waals surface area contributed by atoms with E-state index >= 15 is 0 Å². The fourth-order valence-corrected chi connectivity index (χ4v) is 1.71. The first-order chi connectivity index (χ1) is 7.39. The van der Waals surface area contributed by atoms with Crippen molar-refractivity contribution in [3.8, 4) is 0 Å². The molecule has 0 aliphatic rings. The van der Waals surface area contributed by atoms with Gasteiger partial charge in [-0.3, -0.25) is 4.79 Å². The number of ether oxygens (including phenoxy) is 1. The van der Waals surface area contributed by atoms with Crippen LogP contribution >= 0.6 is 28.3 Å². The highest BCUT2D eigenvalue weighted by molar-refractivity contribution is 9.10. The number of esters is 1. The van der Waals surface area contributed by atoms with Crippen LogP contribution in [-0.4, -0.2) is 18.1 Å². The molecule has 96 valence electrons. The van der Waals surface area contributed by atoms with Crippen LogP contribution in [0, 0.1) is 5.41 Å². The SMILES string of the molecule is COC(=O)C(C)(C)[C@H](N)c1cccc(Br)n1.Cl. The van der Waals surface area contributed by atoms with E-state index in [9.17, 15) is 4.79 Å². The van der Waals surface area contributed by atoms with Crippen molar-refractivity contribution >= 4 is 34.3 Å². The topological polar surface area (TPSA) is 65.2 Å². The van der Waals surface area contributed by atoms with Gasteiger partial charge in [0.2, 0.25) is 0 Å². The van der Waals surface area contributed by atoms with E-state index in [2.05, 4.69) is 20.9 Å². The van der Waals surface area contributed by atoms with E-state index in [0.29, 0.717) is 10.3 Å². The summed E-state index contributed by atoms with van der Waals surface area (Å²) in [5, 5.41) is 0. The summed E-state index contributed by atoms with van der Waals surface area (Å²) >= 11 is 3.27. The van der Waals surface area contributed by atoms with Gasteiger partial charge in [-0.2, -0.15) is 0 Å². The molecule has 0 spiro atoms. The van der Waals surface area contributed by atoms with Gasteiger partial charge in [0.05, 0.1) is 24.3 Å². The van der Waals surface area contributed by atoms with Gasteiger partial charge < -0.3 is 10.5 Å². The minimum Gasteiger partial charge on any atom is -0.469 e. The first-order valence-electron chi connectivity index (χ1n) is 4.86. The number of hydrogen-bond acceptors (Lipinski definition) is 4. The molecule has 2 N–H and O–H groups in total. The molecule has 0 aliphatic carbocycles. The third-order valence-electron chi connectivity index (χ3n) is 2.54. The van der Waals surface area contributed by atoms with Gasteiger partial charge in [-0.25, -0.2) is 4.98 Å². The van der Waals surface area contributed by atoms with Crippen molar-refractivity contribution in [3.05, 3.63) is 28.5 Å². The molecule has 6 heteroatoms.